The fraction of sp³-hybridized carbons (Fsp3) is 0.188. The number of rotatable bonds is 5. The first kappa shape index (κ1) is 14.1. The van der Waals surface area contributed by atoms with E-state index in [2.05, 4.69) is 10.6 Å². The highest BCUT2D eigenvalue weighted by molar-refractivity contribution is 5.84. The molecule has 3 nitrogen and oxygen atoms in total. The molecule has 4 heteroatoms. The number of halogens is 1. The minimum absolute atomic E-state index is 0.0989. The van der Waals surface area contributed by atoms with E-state index in [1.54, 1.807) is 19.1 Å². The van der Waals surface area contributed by atoms with Gasteiger partial charge < -0.3 is 10.6 Å². The molecule has 20 heavy (non-hydrogen) atoms. The van der Waals surface area contributed by atoms with Crippen LogP contribution in [0.25, 0.3) is 0 Å². The lowest BCUT2D eigenvalue weighted by molar-refractivity contribution is -0.121. The lowest BCUT2D eigenvalue weighted by Crippen LogP contribution is -2.37. The predicted octanol–water partition coefficient (Wildman–Crippen LogP) is 2.94. The van der Waals surface area contributed by atoms with E-state index >= 15 is 0 Å². The number of nitrogens with one attached hydrogen (secondary N) is 2. The maximum Gasteiger partial charge on any atom is 0.242 e. The van der Waals surface area contributed by atoms with E-state index < -0.39 is 0 Å². The summed E-state index contributed by atoms with van der Waals surface area (Å²) >= 11 is 0. The van der Waals surface area contributed by atoms with E-state index in [1.165, 1.54) is 12.1 Å². The maximum atomic E-state index is 12.8. The fourth-order valence-electron chi connectivity index (χ4n) is 1.80. The molecule has 1 amide bonds. The number of anilines is 1. The van der Waals surface area contributed by atoms with Crippen molar-refractivity contribution < 1.29 is 9.18 Å². The first-order valence-corrected chi connectivity index (χ1v) is 6.49. The predicted molar refractivity (Wildman–Crippen MR) is 77.8 cm³/mol. The number of hydrogen-bond donors (Lipinski definition) is 2. The van der Waals surface area contributed by atoms with Crippen molar-refractivity contribution in [1.82, 2.24) is 5.32 Å². The van der Waals surface area contributed by atoms with Crippen molar-refractivity contribution >= 4 is 11.6 Å². The fourth-order valence-corrected chi connectivity index (χ4v) is 1.80. The van der Waals surface area contributed by atoms with Gasteiger partial charge in [0.25, 0.3) is 0 Å². The Morgan fingerprint density at radius 2 is 1.75 bits per heavy atom. The average molecular weight is 272 g/mol. The van der Waals surface area contributed by atoms with Crippen LogP contribution < -0.4 is 10.6 Å². The summed E-state index contributed by atoms with van der Waals surface area (Å²) in [4.78, 5) is 11.9. The van der Waals surface area contributed by atoms with Crippen molar-refractivity contribution in [2.75, 3.05) is 5.32 Å². The van der Waals surface area contributed by atoms with Crippen molar-refractivity contribution in [3.05, 3.63) is 66.0 Å². The highest BCUT2D eigenvalue weighted by Gasteiger charge is 2.11. The van der Waals surface area contributed by atoms with Gasteiger partial charge in [0.1, 0.15) is 11.9 Å². The van der Waals surface area contributed by atoms with Crippen molar-refractivity contribution in [3.8, 4) is 0 Å². The molecule has 0 aliphatic rings. The molecule has 1 atom stereocenters. The Morgan fingerprint density at radius 1 is 1.10 bits per heavy atom. The molecule has 0 unspecified atom stereocenters. The van der Waals surface area contributed by atoms with Gasteiger partial charge in [0.2, 0.25) is 5.91 Å². The highest BCUT2D eigenvalue weighted by Crippen LogP contribution is 2.09. The summed E-state index contributed by atoms with van der Waals surface area (Å²) in [5.41, 5.74) is 1.77. The Morgan fingerprint density at radius 3 is 2.40 bits per heavy atom. The van der Waals surface area contributed by atoms with Gasteiger partial charge in [-0.25, -0.2) is 4.39 Å². The lowest BCUT2D eigenvalue weighted by Gasteiger charge is -2.15. The summed E-state index contributed by atoms with van der Waals surface area (Å²) in [6.45, 7) is 2.26. The quantitative estimate of drug-likeness (QED) is 0.878. The highest BCUT2D eigenvalue weighted by atomic mass is 19.1. The zero-order valence-corrected chi connectivity index (χ0v) is 11.3. The molecular weight excluding hydrogens is 255 g/mol. The topological polar surface area (TPSA) is 41.1 Å². The summed E-state index contributed by atoms with van der Waals surface area (Å²) in [7, 11) is 0. The van der Waals surface area contributed by atoms with E-state index in [0.29, 0.717) is 12.2 Å². The summed E-state index contributed by atoms with van der Waals surface area (Å²) in [5.74, 6) is -0.394. The zero-order chi connectivity index (χ0) is 14.4. The molecule has 0 saturated carbocycles. The van der Waals surface area contributed by atoms with Crippen LogP contribution in [0.1, 0.15) is 12.5 Å². The monoisotopic (exact) mass is 272 g/mol. The van der Waals surface area contributed by atoms with E-state index in [-0.39, 0.29) is 17.8 Å². The number of carbonyl (C=O) groups is 1. The van der Waals surface area contributed by atoms with Gasteiger partial charge in [0.05, 0.1) is 0 Å². The normalized spacial score (nSPS) is 11.7. The molecule has 0 fully saturated rings. The SMILES string of the molecule is C[C@H](Nc1ccc(F)cc1)C(=O)NCc1ccccc1. The van der Waals surface area contributed by atoms with Crippen molar-refractivity contribution in [2.45, 2.75) is 19.5 Å². The molecule has 2 N–H and O–H groups in total. The van der Waals surface area contributed by atoms with Crippen LogP contribution in [0.2, 0.25) is 0 Å². The molecule has 0 spiro atoms. The second kappa shape index (κ2) is 6.70. The number of amides is 1. The first-order valence-electron chi connectivity index (χ1n) is 6.49. The summed E-state index contributed by atoms with van der Waals surface area (Å²) in [6.07, 6.45) is 0. The third-order valence-electron chi connectivity index (χ3n) is 2.93. The summed E-state index contributed by atoms with van der Waals surface area (Å²) in [6, 6.07) is 15.3. The van der Waals surface area contributed by atoms with Crippen LogP contribution >= 0.6 is 0 Å². The zero-order valence-electron chi connectivity index (χ0n) is 11.3. The van der Waals surface area contributed by atoms with Gasteiger partial charge in [0.15, 0.2) is 0 Å². The Bertz CT molecular complexity index is 554. The van der Waals surface area contributed by atoms with E-state index in [4.69, 9.17) is 0 Å². The third kappa shape index (κ3) is 4.09. The van der Waals surface area contributed by atoms with Gasteiger partial charge in [-0.3, -0.25) is 4.79 Å². The number of benzene rings is 2. The molecule has 0 saturated heterocycles. The minimum Gasteiger partial charge on any atom is -0.374 e. The summed E-state index contributed by atoms with van der Waals surface area (Å²) in [5, 5.41) is 5.88. The van der Waals surface area contributed by atoms with E-state index in [9.17, 15) is 9.18 Å². The minimum atomic E-state index is -0.385. The molecule has 0 heterocycles. The van der Waals surface area contributed by atoms with Gasteiger partial charge in [-0.2, -0.15) is 0 Å². The van der Waals surface area contributed by atoms with Crippen LogP contribution in [0, 0.1) is 5.82 Å². The molecular formula is C16H17FN2O. The van der Waals surface area contributed by atoms with Crippen LogP contribution in [0.5, 0.6) is 0 Å². The van der Waals surface area contributed by atoms with Gasteiger partial charge >= 0.3 is 0 Å². The van der Waals surface area contributed by atoms with Crippen molar-refractivity contribution in [1.29, 1.82) is 0 Å². The van der Waals surface area contributed by atoms with Crippen LogP contribution in [0.15, 0.2) is 54.6 Å². The molecule has 0 aliphatic heterocycles. The van der Waals surface area contributed by atoms with Crippen molar-refractivity contribution in [3.63, 3.8) is 0 Å². The second-order valence-electron chi connectivity index (χ2n) is 4.58. The third-order valence-corrected chi connectivity index (χ3v) is 2.93. The molecule has 2 aromatic carbocycles. The molecule has 0 bridgehead atoms. The van der Waals surface area contributed by atoms with Gasteiger partial charge in [-0.15, -0.1) is 0 Å². The number of hydrogen-bond acceptors (Lipinski definition) is 2. The Hall–Kier alpha value is -2.36. The molecule has 0 aromatic heterocycles. The maximum absolute atomic E-state index is 12.8. The van der Waals surface area contributed by atoms with Gasteiger partial charge in [-0.1, -0.05) is 30.3 Å². The van der Waals surface area contributed by atoms with E-state index in [0.717, 1.165) is 5.56 Å². The molecule has 2 aromatic rings. The van der Waals surface area contributed by atoms with Crippen LogP contribution in [-0.2, 0) is 11.3 Å². The van der Waals surface area contributed by atoms with Crippen molar-refractivity contribution in [2.24, 2.45) is 0 Å². The van der Waals surface area contributed by atoms with Gasteiger partial charge in [0, 0.05) is 12.2 Å². The van der Waals surface area contributed by atoms with Crippen LogP contribution in [-0.4, -0.2) is 11.9 Å². The van der Waals surface area contributed by atoms with Gasteiger partial charge in [-0.05, 0) is 36.8 Å². The Kier molecular flexibility index (Phi) is 4.71. The lowest BCUT2D eigenvalue weighted by atomic mass is 10.2. The summed E-state index contributed by atoms with van der Waals surface area (Å²) < 4.78 is 12.8. The Labute approximate surface area is 117 Å². The van der Waals surface area contributed by atoms with Crippen LogP contribution in [0.4, 0.5) is 10.1 Å². The average Bonchev–Trinajstić information content (AvgIpc) is 2.48. The smallest absolute Gasteiger partial charge is 0.242 e. The first-order chi connectivity index (χ1) is 9.65. The standard InChI is InChI=1S/C16H17FN2O/c1-12(19-15-9-7-14(17)8-10-15)16(20)18-11-13-5-3-2-4-6-13/h2-10,12,19H,11H2,1H3,(H,18,20)/t12-/m0/s1. The molecule has 2 rings (SSSR count). The van der Waals surface area contributed by atoms with E-state index in [1.807, 2.05) is 30.3 Å². The largest absolute Gasteiger partial charge is 0.374 e. The molecule has 0 aliphatic carbocycles. The second-order valence-corrected chi connectivity index (χ2v) is 4.58. The Balaban J connectivity index is 1.84. The number of carbonyl (C=O) groups excluding carboxylic acids is 1. The molecule has 104 valence electrons. The van der Waals surface area contributed by atoms with Crippen LogP contribution in [0.3, 0.4) is 0 Å². The molecule has 0 radical (unpaired) electrons.